The first-order valence-corrected chi connectivity index (χ1v) is 6.87. The predicted molar refractivity (Wildman–Crippen MR) is 73.9 cm³/mol. The number of carboxylic acid groups (broad SMARTS) is 1. The van der Waals surface area contributed by atoms with Gasteiger partial charge in [-0.25, -0.2) is 0 Å². The molecule has 0 aliphatic carbocycles. The number of amides is 1. The highest BCUT2D eigenvalue weighted by atomic mass is 16.4. The lowest BCUT2D eigenvalue weighted by Crippen LogP contribution is -2.53. The lowest BCUT2D eigenvalue weighted by Gasteiger charge is -2.37. The third-order valence-corrected chi connectivity index (χ3v) is 4.07. The molecular weight excluding hydrogens is 244 g/mol. The quantitative estimate of drug-likeness (QED) is 0.836. The van der Waals surface area contributed by atoms with Gasteiger partial charge in [0.1, 0.15) is 5.54 Å². The summed E-state index contributed by atoms with van der Waals surface area (Å²) in [5.74, 6) is 0.148. The lowest BCUT2D eigenvalue weighted by molar-refractivity contribution is -0.150. The summed E-state index contributed by atoms with van der Waals surface area (Å²) >= 11 is 0. The summed E-state index contributed by atoms with van der Waals surface area (Å²) in [4.78, 5) is 26.9. The Kier molecular flexibility index (Phi) is 4.96. The van der Waals surface area contributed by atoms with Crippen LogP contribution in [0.5, 0.6) is 0 Å². The second kappa shape index (κ2) is 5.90. The van der Waals surface area contributed by atoms with Crippen molar-refractivity contribution in [3.63, 3.8) is 0 Å². The maximum absolute atomic E-state index is 12.3. The number of piperidine rings is 1. The van der Waals surface area contributed by atoms with Crippen molar-refractivity contribution in [1.29, 1.82) is 0 Å². The summed E-state index contributed by atoms with van der Waals surface area (Å²) in [5.41, 5.74) is -1.03. The largest absolute Gasteiger partial charge is 0.480 e. The molecule has 0 aromatic heterocycles. The van der Waals surface area contributed by atoms with Gasteiger partial charge in [0.2, 0.25) is 5.91 Å². The molecule has 2 atom stereocenters. The van der Waals surface area contributed by atoms with E-state index in [1.165, 1.54) is 0 Å². The van der Waals surface area contributed by atoms with E-state index in [1.54, 1.807) is 25.8 Å². The second-order valence-corrected chi connectivity index (χ2v) is 6.46. The van der Waals surface area contributed by atoms with Gasteiger partial charge in [-0.05, 0) is 39.2 Å². The van der Waals surface area contributed by atoms with E-state index in [0.29, 0.717) is 11.8 Å². The Bertz CT molecular complexity index is 345. The molecule has 0 radical (unpaired) electrons. The first kappa shape index (κ1) is 16.0. The van der Waals surface area contributed by atoms with E-state index in [2.05, 4.69) is 13.8 Å². The predicted octanol–water partition coefficient (Wildman–Crippen LogP) is 1.29. The molecule has 0 aromatic rings. The molecule has 0 aromatic carbocycles. The number of likely N-dealkylation sites (N-methyl/N-ethyl adjacent to an activating group) is 1. The SMILES string of the molecule is CC1CC(C)CN(C(=O)CN(C)C(C)(C)C(=O)O)C1. The van der Waals surface area contributed by atoms with Crippen LogP contribution in [0.2, 0.25) is 0 Å². The molecule has 1 amide bonds. The number of carbonyl (C=O) groups excluding carboxylic acids is 1. The molecular formula is C14H26N2O3. The smallest absolute Gasteiger partial charge is 0.323 e. The minimum absolute atomic E-state index is 0.0234. The average Bonchev–Trinajstić information content (AvgIpc) is 2.27. The van der Waals surface area contributed by atoms with Crippen molar-refractivity contribution >= 4 is 11.9 Å². The Labute approximate surface area is 115 Å². The lowest BCUT2D eigenvalue weighted by atomic mass is 9.92. The van der Waals surface area contributed by atoms with Crippen molar-refractivity contribution in [2.75, 3.05) is 26.7 Å². The molecule has 19 heavy (non-hydrogen) atoms. The van der Waals surface area contributed by atoms with E-state index in [4.69, 9.17) is 5.11 Å². The molecule has 1 saturated heterocycles. The Hall–Kier alpha value is -1.10. The van der Waals surface area contributed by atoms with Gasteiger partial charge in [-0.3, -0.25) is 14.5 Å². The molecule has 1 aliphatic heterocycles. The molecule has 1 aliphatic rings. The van der Waals surface area contributed by atoms with Crippen molar-refractivity contribution in [2.45, 2.75) is 39.7 Å². The first-order chi connectivity index (χ1) is 8.64. The maximum atomic E-state index is 12.3. The molecule has 5 nitrogen and oxygen atoms in total. The Morgan fingerprint density at radius 3 is 2.16 bits per heavy atom. The number of carbonyl (C=O) groups is 2. The molecule has 1 rings (SSSR count). The Morgan fingerprint density at radius 2 is 1.74 bits per heavy atom. The van der Waals surface area contributed by atoms with Crippen LogP contribution in [-0.4, -0.2) is 59.0 Å². The fourth-order valence-electron chi connectivity index (χ4n) is 2.53. The second-order valence-electron chi connectivity index (χ2n) is 6.46. The van der Waals surface area contributed by atoms with Crippen molar-refractivity contribution in [2.24, 2.45) is 11.8 Å². The topological polar surface area (TPSA) is 60.9 Å². The fourth-order valence-corrected chi connectivity index (χ4v) is 2.53. The van der Waals surface area contributed by atoms with Crippen LogP contribution < -0.4 is 0 Å². The van der Waals surface area contributed by atoms with Gasteiger partial charge in [-0.15, -0.1) is 0 Å². The molecule has 1 heterocycles. The summed E-state index contributed by atoms with van der Waals surface area (Å²) < 4.78 is 0. The van der Waals surface area contributed by atoms with E-state index in [1.807, 2.05) is 4.90 Å². The van der Waals surface area contributed by atoms with Crippen LogP contribution in [0.4, 0.5) is 0 Å². The number of carboxylic acids is 1. The van der Waals surface area contributed by atoms with Crippen LogP contribution in [0, 0.1) is 11.8 Å². The summed E-state index contributed by atoms with van der Waals surface area (Å²) in [6.45, 7) is 9.25. The zero-order chi connectivity index (χ0) is 14.8. The third kappa shape index (κ3) is 3.93. The van der Waals surface area contributed by atoms with Crippen molar-refractivity contribution in [3.8, 4) is 0 Å². The highest BCUT2D eigenvalue weighted by Crippen LogP contribution is 2.21. The number of hydrogen-bond acceptors (Lipinski definition) is 3. The number of rotatable bonds is 4. The van der Waals surface area contributed by atoms with Crippen LogP contribution in [0.15, 0.2) is 0 Å². The minimum Gasteiger partial charge on any atom is -0.480 e. The minimum atomic E-state index is -1.03. The van der Waals surface area contributed by atoms with Gasteiger partial charge < -0.3 is 10.0 Å². The van der Waals surface area contributed by atoms with E-state index in [0.717, 1.165) is 19.5 Å². The van der Waals surface area contributed by atoms with Gasteiger partial charge >= 0.3 is 5.97 Å². The number of aliphatic carboxylic acids is 1. The summed E-state index contributed by atoms with van der Waals surface area (Å²) in [7, 11) is 1.68. The highest BCUT2D eigenvalue weighted by molar-refractivity contribution is 5.81. The Morgan fingerprint density at radius 1 is 1.26 bits per heavy atom. The first-order valence-electron chi connectivity index (χ1n) is 6.87. The van der Waals surface area contributed by atoms with Gasteiger partial charge in [0, 0.05) is 13.1 Å². The molecule has 5 heteroatoms. The molecule has 0 spiro atoms. The van der Waals surface area contributed by atoms with Crippen LogP contribution in [0.3, 0.4) is 0 Å². The van der Waals surface area contributed by atoms with Gasteiger partial charge in [0.05, 0.1) is 6.54 Å². The summed E-state index contributed by atoms with van der Waals surface area (Å²) in [5, 5.41) is 9.15. The van der Waals surface area contributed by atoms with Crippen LogP contribution in [-0.2, 0) is 9.59 Å². The number of hydrogen-bond donors (Lipinski definition) is 1. The van der Waals surface area contributed by atoms with E-state index >= 15 is 0 Å². The van der Waals surface area contributed by atoms with Crippen LogP contribution in [0.1, 0.15) is 34.1 Å². The summed E-state index contributed by atoms with van der Waals surface area (Å²) in [6.07, 6.45) is 1.15. The standard InChI is InChI=1S/C14H26N2O3/c1-10-6-11(2)8-16(7-10)12(17)9-15(5)14(3,4)13(18)19/h10-11H,6-9H2,1-5H3,(H,18,19). The normalized spacial score (nSPS) is 24.6. The third-order valence-electron chi connectivity index (χ3n) is 4.07. The number of likely N-dealkylation sites (tertiary alicyclic amines) is 1. The van der Waals surface area contributed by atoms with E-state index in [9.17, 15) is 9.59 Å². The molecule has 1 N–H and O–H groups in total. The average molecular weight is 270 g/mol. The van der Waals surface area contributed by atoms with Crippen molar-refractivity contribution < 1.29 is 14.7 Å². The number of nitrogens with zero attached hydrogens (tertiary/aromatic N) is 2. The zero-order valence-corrected chi connectivity index (χ0v) is 12.6. The van der Waals surface area contributed by atoms with Gasteiger partial charge in [0.25, 0.3) is 0 Å². The van der Waals surface area contributed by atoms with E-state index < -0.39 is 11.5 Å². The fraction of sp³-hybridized carbons (Fsp3) is 0.857. The molecule has 110 valence electrons. The molecule has 0 bridgehead atoms. The van der Waals surface area contributed by atoms with Crippen LogP contribution >= 0.6 is 0 Å². The van der Waals surface area contributed by atoms with Crippen molar-refractivity contribution in [1.82, 2.24) is 9.80 Å². The van der Waals surface area contributed by atoms with Gasteiger partial charge in [-0.1, -0.05) is 13.8 Å². The zero-order valence-electron chi connectivity index (χ0n) is 12.6. The van der Waals surface area contributed by atoms with Crippen LogP contribution in [0.25, 0.3) is 0 Å². The van der Waals surface area contributed by atoms with Gasteiger partial charge in [0.15, 0.2) is 0 Å². The molecule has 2 unspecified atom stereocenters. The molecule has 1 fully saturated rings. The highest BCUT2D eigenvalue weighted by Gasteiger charge is 2.34. The summed E-state index contributed by atoms with van der Waals surface area (Å²) in [6, 6.07) is 0. The monoisotopic (exact) mass is 270 g/mol. The van der Waals surface area contributed by atoms with Crippen molar-refractivity contribution in [3.05, 3.63) is 0 Å². The van der Waals surface area contributed by atoms with Gasteiger partial charge in [-0.2, -0.15) is 0 Å². The van der Waals surface area contributed by atoms with E-state index in [-0.39, 0.29) is 12.5 Å². The molecule has 0 saturated carbocycles. The maximum Gasteiger partial charge on any atom is 0.323 e. The Balaban J connectivity index is 2.62.